The second-order valence-corrected chi connectivity index (χ2v) is 8.35. The van der Waals surface area contributed by atoms with Crippen LogP contribution in [0.25, 0.3) is 0 Å². The van der Waals surface area contributed by atoms with E-state index < -0.39 is 27.0 Å². The average Bonchev–Trinajstić information content (AvgIpc) is 2.37. The van der Waals surface area contributed by atoms with Gasteiger partial charge in [-0.1, -0.05) is 19.3 Å². The molecule has 0 aromatic rings. The van der Waals surface area contributed by atoms with Crippen LogP contribution in [0.2, 0.25) is 0 Å². The number of carbonyl (C=O) groups excluding carboxylic acids is 2. The lowest BCUT2D eigenvalue weighted by molar-refractivity contribution is -0.149. The lowest BCUT2D eigenvalue weighted by atomic mass is 10.1. The highest BCUT2D eigenvalue weighted by Gasteiger charge is 2.35. The predicted octanol–water partition coefficient (Wildman–Crippen LogP) is 2.58. The summed E-state index contributed by atoms with van der Waals surface area (Å²) in [4.78, 5) is 22.4. The summed E-state index contributed by atoms with van der Waals surface area (Å²) in [6.45, 7) is 13.7. The van der Waals surface area contributed by atoms with E-state index in [4.69, 9.17) is 9.47 Å². The van der Waals surface area contributed by atoms with Crippen LogP contribution in [0.5, 0.6) is 0 Å². The molecule has 2 N–H and O–H groups in total. The minimum absolute atomic E-state index is 0.338. The Balaban J connectivity index is 0. The fourth-order valence-electron chi connectivity index (χ4n) is 1.50. The first kappa shape index (κ1) is 25.3. The normalized spacial score (nSPS) is 12.5. The van der Waals surface area contributed by atoms with Gasteiger partial charge in [0.2, 0.25) is 0 Å². The second-order valence-electron chi connectivity index (χ2n) is 5.91. The van der Waals surface area contributed by atoms with Crippen molar-refractivity contribution in [2.24, 2.45) is 0 Å². The maximum absolute atomic E-state index is 11.2. The maximum Gasteiger partial charge on any atom is 0.429 e. The Morgan fingerprint density at radius 2 is 1.04 bits per heavy atom. The summed E-state index contributed by atoms with van der Waals surface area (Å²) in [5.74, 6) is -0.759. The fourth-order valence-corrected chi connectivity index (χ4v) is 3.26. The van der Waals surface area contributed by atoms with Crippen LogP contribution in [0.1, 0.15) is 41.5 Å². The summed E-state index contributed by atoms with van der Waals surface area (Å²) in [5.41, 5.74) is -1.73. The molecule has 0 radical (unpaired) electrons. The van der Waals surface area contributed by atoms with Gasteiger partial charge in [-0.2, -0.15) is 0 Å². The molecule has 0 bridgehead atoms. The van der Waals surface area contributed by atoms with Crippen LogP contribution in [-0.4, -0.2) is 49.6 Å². The van der Waals surface area contributed by atoms with E-state index in [1.165, 1.54) is 13.3 Å². The summed E-state index contributed by atoms with van der Waals surface area (Å²) in [7, 11) is -3.06. The van der Waals surface area contributed by atoms with Gasteiger partial charge in [0, 0.05) is 0 Å². The molecule has 0 amide bonds. The van der Waals surface area contributed by atoms with Gasteiger partial charge in [0.25, 0.3) is 0 Å². The largest absolute Gasteiger partial charge is 0.465 e. The van der Waals surface area contributed by atoms with Crippen LogP contribution in [-0.2, 0) is 28.2 Å². The van der Waals surface area contributed by atoms with E-state index in [-0.39, 0.29) is 11.9 Å². The van der Waals surface area contributed by atoms with E-state index in [1.807, 2.05) is 0 Å². The molecule has 140 valence electrons. The molecule has 0 aliphatic heterocycles. The molecule has 24 heavy (non-hydrogen) atoms. The van der Waals surface area contributed by atoms with Crippen LogP contribution in [0.15, 0.2) is 0 Å². The molecule has 2 unspecified atom stereocenters. The summed E-state index contributed by atoms with van der Waals surface area (Å²) in [6, 6.07) is 0. The van der Waals surface area contributed by atoms with Crippen molar-refractivity contribution in [1.82, 2.24) is 10.2 Å². The summed E-state index contributed by atoms with van der Waals surface area (Å²) in [6.07, 6.45) is 0. The summed E-state index contributed by atoms with van der Waals surface area (Å²) >= 11 is 0. The molecule has 0 spiro atoms. The molecule has 0 aromatic carbocycles. The maximum atomic E-state index is 11.2. The van der Waals surface area contributed by atoms with Crippen LogP contribution in [0.3, 0.4) is 0 Å². The molecule has 0 aliphatic rings. The van der Waals surface area contributed by atoms with Crippen molar-refractivity contribution >= 4 is 27.8 Å². The van der Waals surface area contributed by atoms with Crippen molar-refractivity contribution in [3.63, 3.8) is 0 Å². The highest BCUT2D eigenvalue weighted by atomic mass is 31.1. The van der Waals surface area contributed by atoms with Gasteiger partial charge < -0.3 is 9.47 Å². The number of ether oxygens (including phenoxy) is 2. The molecule has 0 saturated carbocycles. The van der Waals surface area contributed by atoms with Crippen LogP contribution in [0, 0.1) is 0 Å². The van der Waals surface area contributed by atoms with E-state index in [1.54, 1.807) is 41.5 Å². The van der Waals surface area contributed by atoms with E-state index in [9.17, 15) is 18.7 Å². The molecule has 0 fully saturated rings. The predicted molar refractivity (Wildman–Crippen MR) is 94.8 cm³/mol. The molecular formula is C14H30N2O6P2+2. The van der Waals surface area contributed by atoms with E-state index >= 15 is 0 Å². The van der Waals surface area contributed by atoms with Crippen molar-refractivity contribution in [1.29, 1.82) is 0 Å². The molecule has 0 heterocycles. The first-order valence-electron chi connectivity index (χ1n) is 7.51. The van der Waals surface area contributed by atoms with Gasteiger partial charge in [-0.3, -0.25) is 0 Å². The van der Waals surface area contributed by atoms with Gasteiger partial charge in [-0.05, 0) is 41.5 Å². The zero-order valence-corrected chi connectivity index (χ0v) is 17.5. The van der Waals surface area contributed by atoms with Gasteiger partial charge in [-0.25, -0.2) is 9.59 Å². The van der Waals surface area contributed by atoms with Crippen molar-refractivity contribution in [3.8, 4) is 0 Å². The smallest absolute Gasteiger partial charge is 0.429 e. The van der Waals surface area contributed by atoms with Crippen LogP contribution in [0.4, 0.5) is 0 Å². The minimum atomic E-state index is -1.53. The third kappa shape index (κ3) is 11.6. The summed E-state index contributed by atoms with van der Waals surface area (Å²) < 4.78 is 31.1. The SMILES string of the molecule is CCOC(=O)C(C)(C)N[P+](C)=O.CCOC(=O)C(C)(C)N[P+](C)=O. The molecule has 10 heteroatoms. The standard InChI is InChI=1S/2C7H15NO3P/c2*1-5-11-6(9)7(2,3)8-12(4)10/h2*5H2,1-4H3,(H,8,10)/q2*+1. The molecule has 0 aliphatic carbocycles. The molecule has 8 nitrogen and oxygen atoms in total. The zero-order valence-electron chi connectivity index (χ0n) is 15.8. The fraction of sp³-hybridized carbons (Fsp3) is 0.857. The Bertz CT molecular complexity index is 424. The third-order valence-electron chi connectivity index (χ3n) is 2.45. The number of esters is 2. The topological polar surface area (TPSA) is 111 Å². The lowest BCUT2D eigenvalue weighted by Gasteiger charge is -2.16. The number of nitrogens with one attached hydrogen (secondary N) is 2. The Kier molecular flexibility index (Phi) is 12.2. The molecule has 2 atom stereocenters. The van der Waals surface area contributed by atoms with Gasteiger partial charge in [-0.15, -0.1) is 0 Å². The summed E-state index contributed by atoms with van der Waals surface area (Å²) in [5, 5.41) is 5.28. The second kappa shape index (κ2) is 11.6. The highest BCUT2D eigenvalue weighted by Crippen LogP contribution is 2.17. The van der Waals surface area contributed by atoms with Gasteiger partial charge in [0.05, 0.1) is 13.2 Å². The van der Waals surface area contributed by atoms with Gasteiger partial charge in [0.15, 0.2) is 24.4 Å². The van der Waals surface area contributed by atoms with Crippen molar-refractivity contribution < 1.29 is 28.2 Å². The molecule has 0 rings (SSSR count). The van der Waals surface area contributed by atoms with E-state index in [0.717, 1.165) is 0 Å². The Morgan fingerprint density at radius 3 is 1.21 bits per heavy atom. The molecule has 0 aromatic heterocycles. The number of carbonyl (C=O) groups is 2. The monoisotopic (exact) mass is 384 g/mol. The van der Waals surface area contributed by atoms with Crippen molar-refractivity contribution in [2.45, 2.75) is 52.6 Å². The quantitative estimate of drug-likeness (QED) is 0.485. The molecular weight excluding hydrogens is 354 g/mol. The number of hydrogen-bond donors (Lipinski definition) is 2. The third-order valence-corrected chi connectivity index (χ3v) is 4.19. The van der Waals surface area contributed by atoms with Crippen molar-refractivity contribution in [2.75, 3.05) is 26.5 Å². The zero-order chi connectivity index (χ0) is 19.6. The average molecular weight is 384 g/mol. The van der Waals surface area contributed by atoms with Crippen LogP contribution >= 0.6 is 15.9 Å². The number of hydrogen-bond acceptors (Lipinski definition) is 6. The first-order valence-corrected chi connectivity index (χ1v) is 10.9. The highest BCUT2D eigenvalue weighted by molar-refractivity contribution is 7.41. The lowest BCUT2D eigenvalue weighted by Crippen LogP contribution is -2.44. The Morgan fingerprint density at radius 1 is 0.792 bits per heavy atom. The number of rotatable bonds is 8. The van der Waals surface area contributed by atoms with Gasteiger partial charge in [0.1, 0.15) is 0 Å². The van der Waals surface area contributed by atoms with E-state index in [2.05, 4.69) is 10.2 Å². The first-order chi connectivity index (χ1) is 10.8. The van der Waals surface area contributed by atoms with Crippen LogP contribution < -0.4 is 10.2 Å². The molecule has 0 saturated heterocycles. The van der Waals surface area contributed by atoms with Gasteiger partial charge >= 0.3 is 27.8 Å². The van der Waals surface area contributed by atoms with Crippen molar-refractivity contribution in [3.05, 3.63) is 0 Å². The minimum Gasteiger partial charge on any atom is -0.465 e. The Labute approximate surface area is 146 Å². The Hall–Kier alpha value is -0.940. The van der Waals surface area contributed by atoms with E-state index in [0.29, 0.717) is 13.2 Å².